The summed E-state index contributed by atoms with van der Waals surface area (Å²) in [6.45, 7) is 1.54. The van der Waals surface area contributed by atoms with Gasteiger partial charge in [-0.3, -0.25) is 4.79 Å². The van der Waals surface area contributed by atoms with Gasteiger partial charge in [0.05, 0.1) is 24.2 Å². The lowest BCUT2D eigenvalue weighted by molar-refractivity contribution is 0.0716. The molecule has 0 unspecified atom stereocenters. The van der Waals surface area contributed by atoms with Crippen molar-refractivity contribution in [3.8, 4) is 0 Å². The van der Waals surface area contributed by atoms with E-state index < -0.39 is 0 Å². The summed E-state index contributed by atoms with van der Waals surface area (Å²) in [6, 6.07) is 17.7. The molecule has 27 heavy (non-hydrogen) atoms. The fraction of sp³-hybridized carbons (Fsp3) is 0.143. The highest BCUT2D eigenvalue weighted by Crippen LogP contribution is 2.18. The number of amides is 1. The van der Waals surface area contributed by atoms with Gasteiger partial charge in [0.1, 0.15) is 11.6 Å². The van der Waals surface area contributed by atoms with E-state index in [1.54, 1.807) is 17.4 Å². The molecule has 0 atom stereocenters. The molecule has 0 fully saturated rings. The molecule has 0 bridgehead atoms. The van der Waals surface area contributed by atoms with E-state index in [0.717, 1.165) is 18.1 Å². The fourth-order valence-electron chi connectivity index (χ4n) is 2.93. The van der Waals surface area contributed by atoms with E-state index in [9.17, 15) is 4.79 Å². The molecular weight excluding hydrogens is 358 g/mol. The van der Waals surface area contributed by atoms with Crippen molar-refractivity contribution in [3.63, 3.8) is 0 Å². The quantitative estimate of drug-likeness (QED) is 0.479. The summed E-state index contributed by atoms with van der Waals surface area (Å²) in [5.74, 6) is 1.58. The lowest BCUT2D eigenvalue weighted by Gasteiger charge is -2.21. The van der Waals surface area contributed by atoms with E-state index in [1.165, 1.54) is 16.9 Å². The average molecular weight is 377 g/mol. The molecule has 0 radical (unpaired) electrons. The Hall–Kier alpha value is -3.12. The summed E-state index contributed by atoms with van der Waals surface area (Å²) < 4.78 is 7.53. The highest BCUT2D eigenvalue weighted by Gasteiger charge is 2.20. The van der Waals surface area contributed by atoms with Crippen LogP contribution < -0.4 is 0 Å². The molecule has 0 N–H and O–H groups in total. The molecule has 4 aromatic rings. The van der Waals surface area contributed by atoms with Gasteiger partial charge in [-0.25, -0.2) is 4.98 Å². The summed E-state index contributed by atoms with van der Waals surface area (Å²) in [7, 11) is 0. The Morgan fingerprint density at radius 1 is 1.07 bits per heavy atom. The number of aromatic nitrogens is 2. The first-order valence-corrected chi connectivity index (χ1v) is 9.56. The van der Waals surface area contributed by atoms with E-state index in [4.69, 9.17) is 4.42 Å². The van der Waals surface area contributed by atoms with Gasteiger partial charge in [0.25, 0.3) is 5.91 Å². The number of carbonyl (C=O) groups excluding carboxylic acids is 1. The predicted octanol–water partition coefficient (Wildman–Crippen LogP) is 4.43. The topological polar surface area (TPSA) is 51.3 Å². The second-order valence-electron chi connectivity index (χ2n) is 6.17. The van der Waals surface area contributed by atoms with Crippen molar-refractivity contribution in [2.45, 2.75) is 19.6 Å². The first-order valence-electron chi connectivity index (χ1n) is 8.69. The SMILES string of the molecule is O=C(c1cccs1)N(Cc1ccco1)Cc1nccn1Cc1ccccc1. The third-order valence-electron chi connectivity index (χ3n) is 4.28. The average Bonchev–Trinajstić information content (AvgIpc) is 3.45. The van der Waals surface area contributed by atoms with E-state index in [-0.39, 0.29) is 5.91 Å². The number of carbonyl (C=O) groups is 1. The van der Waals surface area contributed by atoms with E-state index in [2.05, 4.69) is 21.7 Å². The van der Waals surface area contributed by atoms with Crippen LogP contribution in [0.5, 0.6) is 0 Å². The van der Waals surface area contributed by atoms with Gasteiger partial charge in [0, 0.05) is 18.9 Å². The number of furan rings is 1. The van der Waals surface area contributed by atoms with Crippen molar-refractivity contribution in [1.29, 1.82) is 0 Å². The maximum atomic E-state index is 13.0. The Morgan fingerprint density at radius 3 is 2.70 bits per heavy atom. The smallest absolute Gasteiger partial charge is 0.264 e. The van der Waals surface area contributed by atoms with Crippen LogP contribution in [0.3, 0.4) is 0 Å². The number of hydrogen-bond acceptors (Lipinski definition) is 4. The lowest BCUT2D eigenvalue weighted by atomic mass is 10.2. The standard InChI is InChI=1S/C21H19N3O2S/c25-21(19-9-5-13-27-19)24(15-18-8-4-12-26-18)16-20-22-10-11-23(20)14-17-6-2-1-3-7-17/h1-13H,14-16H2. The molecular formula is C21H19N3O2S. The summed E-state index contributed by atoms with van der Waals surface area (Å²) in [6.07, 6.45) is 5.35. The minimum absolute atomic E-state index is 0.0179. The van der Waals surface area contributed by atoms with Gasteiger partial charge in [-0.2, -0.15) is 0 Å². The molecule has 0 aliphatic heterocycles. The molecule has 1 aromatic carbocycles. The van der Waals surface area contributed by atoms with E-state index >= 15 is 0 Å². The first kappa shape index (κ1) is 17.3. The zero-order valence-electron chi connectivity index (χ0n) is 14.7. The molecule has 5 nitrogen and oxygen atoms in total. The summed E-state index contributed by atoms with van der Waals surface area (Å²) in [5.41, 5.74) is 1.19. The first-order chi connectivity index (χ1) is 13.3. The van der Waals surface area contributed by atoms with Crippen LogP contribution in [-0.4, -0.2) is 20.4 Å². The van der Waals surface area contributed by atoms with Crippen LogP contribution in [0.25, 0.3) is 0 Å². The van der Waals surface area contributed by atoms with Crippen molar-refractivity contribution < 1.29 is 9.21 Å². The largest absolute Gasteiger partial charge is 0.467 e. The molecule has 0 saturated carbocycles. The minimum atomic E-state index is -0.0179. The predicted molar refractivity (Wildman–Crippen MR) is 104 cm³/mol. The molecule has 136 valence electrons. The highest BCUT2D eigenvalue weighted by atomic mass is 32.1. The third kappa shape index (κ3) is 4.17. The van der Waals surface area contributed by atoms with Gasteiger partial charge >= 0.3 is 0 Å². The molecule has 1 amide bonds. The summed E-state index contributed by atoms with van der Waals surface area (Å²) >= 11 is 1.44. The molecule has 0 aliphatic rings. The van der Waals surface area contributed by atoms with Crippen molar-refractivity contribution >= 4 is 17.2 Å². The maximum Gasteiger partial charge on any atom is 0.264 e. The normalized spacial score (nSPS) is 10.8. The van der Waals surface area contributed by atoms with Crippen molar-refractivity contribution in [1.82, 2.24) is 14.5 Å². The Balaban J connectivity index is 1.56. The van der Waals surface area contributed by atoms with Crippen LogP contribution in [-0.2, 0) is 19.6 Å². The second-order valence-corrected chi connectivity index (χ2v) is 7.12. The number of thiophene rings is 1. The van der Waals surface area contributed by atoms with E-state index in [1.807, 2.05) is 54.0 Å². The van der Waals surface area contributed by atoms with Gasteiger partial charge in [0.2, 0.25) is 0 Å². The van der Waals surface area contributed by atoms with Gasteiger partial charge in [0.15, 0.2) is 0 Å². The number of hydrogen-bond donors (Lipinski definition) is 0. The molecule has 3 aromatic heterocycles. The van der Waals surface area contributed by atoms with Gasteiger partial charge in [-0.1, -0.05) is 36.4 Å². The Labute approximate surface area is 161 Å². The van der Waals surface area contributed by atoms with Gasteiger partial charge in [-0.05, 0) is 29.1 Å². The molecule has 0 spiro atoms. The van der Waals surface area contributed by atoms with Crippen molar-refractivity contribution in [2.75, 3.05) is 0 Å². The van der Waals surface area contributed by atoms with Crippen LogP contribution in [0.15, 0.2) is 83.1 Å². The maximum absolute atomic E-state index is 13.0. The molecule has 3 heterocycles. The van der Waals surface area contributed by atoms with Crippen LogP contribution in [0, 0.1) is 0 Å². The highest BCUT2D eigenvalue weighted by molar-refractivity contribution is 7.12. The summed E-state index contributed by atoms with van der Waals surface area (Å²) in [5, 5.41) is 1.91. The zero-order valence-corrected chi connectivity index (χ0v) is 15.5. The zero-order chi connectivity index (χ0) is 18.5. The van der Waals surface area contributed by atoms with Gasteiger partial charge in [-0.15, -0.1) is 11.3 Å². The number of rotatable bonds is 7. The molecule has 0 saturated heterocycles. The van der Waals surface area contributed by atoms with Gasteiger partial charge < -0.3 is 13.9 Å². The molecule has 0 aliphatic carbocycles. The van der Waals surface area contributed by atoms with E-state index in [0.29, 0.717) is 18.0 Å². The summed E-state index contributed by atoms with van der Waals surface area (Å²) in [4.78, 5) is 20.0. The van der Waals surface area contributed by atoms with Crippen LogP contribution in [0.2, 0.25) is 0 Å². The monoisotopic (exact) mass is 377 g/mol. The third-order valence-corrected chi connectivity index (χ3v) is 5.13. The molecule has 6 heteroatoms. The Kier molecular flexibility index (Phi) is 5.16. The van der Waals surface area contributed by atoms with Crippen LogP contribution >= 0.6 is 11.3 Å². The van der Waals surface area contributed by atoms with Crippen LogP contribution in [0.1, 0.15) is 26.8 Å². The Bertz CT molecular complexity index is 976. The lowest BCUT2D eigenvalue weighted by Crippen LogP contribution is -2.30. The molecule has 4 rings (SSSR count). The minimum Gasteiger partial charge on any atom is -0.467 e. The number of imidazole rings is 1. The fourth-order valence-corrected chi connectivity index (χ4v) is 3.62. The van der Waals surface area contributed by atoms with Crippen molar-refractivity contribution in [2.24, 2.45) is 0 Å². The number of nitrogens with zero attached hydrogens (tertiary/aromatic N) is 3. The van der Waals surface area contributed by atoms with Crippen molar-refractivity contribution in [3.05, 3.63) is 101 Å². The number of benzene rings is 1. The van der Waals surface area contributed by atoms with Crippen LogP contribution in [0.4, 0.5) is 0 Å². The Morgan fingerprint density at radius 2 is 1.96 bits per heavy atom. The second kappa shape index (κ2) is 8.05.